The third kappa shape index (κ3) is 8.27. The zero-order chi connectivity index (χ0) is 28.3. The van der Waals surface area contributed by atoms with E-state index in [0.717, 1.165) is 0 Å². The second-order valence-electron chi connectivity index (χ2n) is 12.1. The molecular weight excluding hydrogens is 529 g/mol. The fraction of sp³-hybridized carbons (Fsp3) is 1.00. The van der Waals surface area contributed by atoms with Gasteiger partial charge in [-0.3, -0.25) is 0 Å². The molecule has 0 unspecified atom stereocenters. The quantitative estimate of drug-likeness (QED) is 0.224. The number of hydrogen-bond acceptors (Lipinski definition) is 8. The summed E-state index contributed by atoms with van der Waals surface area (Å²) in [5, 5.41) is 0. The SMILES string of the molecule is CC(C)O[Si]1(C(C)C)O[Si](OC(C)C)(C(C)C)O[Si](OC(C)C)(C(C)C)O[Si](OC(C)C)(C(C)C)O1. The van der Waals surface area contributed by atoms with E-state index in [-0.39, 0.29) is 46.6 Å². The maximum Gasteiger partial charge on any atom is 0.489 e. The lowest BCUT2D eigenvalue weighted by Gasteiger charge is -2.54. The molecule has 8 nitrogen and oxygen atoms in total. The largest absolute Gasteiger partial charge is 0.489 e. The molecule has 0 spiro atoms. The summed E-state index contributed by atoms with van der Waals surface area (Å²) >= 11 is 0. The molecule has 0 aliphatic carbocycles. The summed E-state index contributed by atoms with van der Waals surface area (Å²) in [5.74, 6) is 0. The molecule has 0 aromatic carbocycles. The van der Waals surface area contributed by atoms with Gasteiger partial charge in [0.25, 0.3) is 0 Å². The summed E-state index contributed by atoms with van der Waals surface area (Å²) in [6.07, 6.45) is -0.525. The highest BCUT2D eigenvalue weighted by atomic mass is 28.6. The van der Waals surface area contributed by atoms with Gasteiger partial charge in [-0.25, -0.2) is 0 Å². The Hall–Kier alpha value is 0.548. The van der Waals surface area contributed by atoms with E-state index in [1.54, 1.807) is 0 Å². The fourth-order valence-corrected chi connectivity index (χ4v) is 25.2. The second-order valence-corrected chi connectivity index (χ2v) is 25.8. The van der Waals surface area contributed by atoms with Crippen LogP contribution < -0.4 is 0 Å². The highest BCUT2D eigenvalue weighted by Crippen LogP contribution is 2.47. The average Bonchev–Trinajstić information content (AvgIpc) is 2.63. The van der Waals surface area contributed by atoms with Crippen molar-refractivity contribution in [1.82, 2.24) is 0 Å². The molecule has 0 aromatic heterocycles. The summed E-state index contributed by atoms with van der Waals surface area (Å²) in [7, 11) is -13.9. The topological polar surface area (TPSA) is 73.8 Å². The summed E-state index contributed by atoms with van der Waals surface area (Å²) in [5.41, 5.74) is -0.300. The third-order valence-electron chi connectivity index (χ3n) is 5.57. The van der Waals surface area contributed by atoms with Crippen molar-refractivity contribution in [1.29, 1.82) is 0 Å². The molecule has 0 bridgehead atoms. The third-order valence-corrected chi connectivity index (χ3v) is 23.5. The van der Waals surface area contributed by atoms with Gasteiger partial charge >= 0.3 is 35.2 Å². The molecule has 0 amide bonds. The predicted octanol–water partition coefficient (Wildman–Crippen LogP) is 7.16. The lowest BCUT2D eigenvalue weighted by atomic mass is 10.5. The molecule has 1 aliphatic rings. The Morgan fingerprint density at radius 1 is 0.306 bits per heavy atom. The molecule has 1 rings (SSSR count). The normalized spacial score (nSPS) is 32.7. The van der Waals surface area contributed by atoms with Gasteiger partial charge in [0, 0.05) is 46.6 Å². The lowest BCUT2D eigenvalue weighted by molar-refractivity contribution is -0.0222. The van der Waals surface area contributed by atoms with Crippen molar-refractivity contribution in [3.63, 3.8) is 0 Å². The van der Waals surface area contributed by atoms with Gasteiger partial charge in [0.05, 0.1) is 0 Å². The number of rotatable bonds is 12. The molecule has 1 fully saturated rings. The van der Waals surface area contributed by atoms with E-state index in [2.05, 4.69) is 55.4 Å². The zero-order valence-electron chi connectivity index (χ0n) is 25.9. The molecule has 12 heteroatoms. The molecule has 1 aliphatic heterocycles. The van der Waals surface area contributed by atoms with Gasteiger partial charge in [-0.2, -0.15) is 0 Å². The van der Waals surface area contributed by atoms with Gasteiger partial charge in [0.15, 0.2) is 0 Å². The van der Waals surface area contributed by atoms with Crippen LogP contribution in [0, 0.1) is 0 Å². The van der Waals surface area contributed by atoms with Crippen molar-refractivity contribution in [3.05, 3.63) is 0 Å². The van der Waals surface area contributed by atoms with Gasteiger partial charge < -0.3 is 34.2 Å². The first-order chi connectivity index (χ1) is 16.3. The van der Waals surface area contributed by atoms with Crippen LogP contribution in [0.3, 0.4) is 0 Å². The molecule has 0 saturated carbocycles. The van der Waals surface area contributed by atoms with Gasteiger partial charge in [-0.15, -0.1) is 0 Å². The average molecular weight is 585 g/mol. The van der Waals surface area contributed by atoms with E-state index in [1.807, 2.05) is 55.4 Å². The second kappa shape index (κ2) is 13.3. The van der Waals surface area contributed by atoms with E-state index in [9.17, 15) is 0 Å². The highest BCUT2D eigenvalue weighted by Gasteiger charge is 2.72. The molecule has 0 radical (unpaired) electrons. The minimum Gasteiger partial charge on any atom is -0.372 e. The Morgan fingerprint density at radius 3 is 0.528 bits per heavy atom. The standard InChI is InChI=1S/C24H56O8Si4/c1-17(2)25-33(21(9)10)29-34(22(11)12,26-18(3)4)31-36(24(15)16,28-20(7)8)32-35(30-33,23(13)14)27-19(5)6/h17-24H,1-16H3. The van der Waals surface area contributed by atoms with E-state index in [1.165, 1.54) is 0 Å². The summed E-state index contributed by atoms with van der Waals surface area (Å²) in [4.78, 5) is 0. The van der Waals surface area contributed by atoms with Gasteiger partial charge in [0.1, 0.15) is 0 Å². The van der Waals surface area contributed by atoms with Crippen LogP contribution in [0.5, 0.6) is 0 Å². The first-order valence-electron chi connectivity index (χ1n) is 13.8. The van der Waals surface area contributed by atoms with Gasteiger partial charge in [-0.05, 0) is 55.4 Å². The van der Waals surface area contributed by atoms with E-state index in [0.29, 0.717) is 0 Å². The van der Waals surface area contributed by atoms with Crippen molar-refractivity contribution in [2.75, 3.05) is 0 Å². The van der Waals surface area contributed by atoms with Crippen LogP contribution in [-0.4, -0.2) is 59.6 Å². The first-order valence-corrected chi connectivity index (χ1v) is 21.0. The van der Waals surface area contributed by atoms with E-state index in [4.69, 9.17) is 34.2 Å². The van der Waals surface area contributed by atoms with Crippen LogP contribution in [-0.2, 0) is 34.2 Å². The molecular formula is C24H56O8Si4. The monoisotopic (exact) mass is 584 g/mol. The van der Waals surface area contributed by atoms with Crippen LogP contribution in [0.2, 0.25) is 22.2 Å². The summed E-state index contributed by atoms with van der Waals surface area (Å²) in [6, 6.07) is 0. The Morgan fingerprint density at radius 2 is 0.444 bits per heavy atom. The van der Waals surface area contributed by atoms with Crippen LogP contribution >= 0.6 is 0 Å². The number of hydrogen-bond donors (Lipinski definition) is 0. The van der Waals surface area contributed by atoms with Crippen molar-refractivity contribution in [2.45, 2.75) is 157 Å². The molecule has 1 saturated heterocycles. The van der Waals surface area contributed by atoms with Crippen LogP contribution in [0.4, 0.5) is 0 Å². The molecule has 0 N–H and O–H groups in total. The molecule has 216 valence electrons. The Bertz CT molecular complexity index is 551. The molecule has 0 aromatic rings. The molecule has 1 heterocycles. The fourth-order valence-electron chi connectivity index (χ4n) is 3.87. The minimum absolute atomic E-state index is 0.0749. The van der Waals surface area contributed by atoms with Crippen molar-refractivity contribution < 1.29 is 34.2 Å². The maximum absolute atomic E-state index is 7.20. The Balaban J connectivity index is 4.10. The first kappa shape index (κ1) is 34.6. The van der Waals surface area contributed by atoms with Crippen LogP contribution in [0.1, 0.15) is 111 Å². The van der Waals surface area contributed by atoms with Crippen LogP contribution in [0.15, 0.2) is 0 Å². The van der Waals surface area contributed by atoms with Crippen molar-refractivity contribution in [3.8, 4) is 0 Å². The maximum atomic E-state index is 7.20. The van der Waals surface area contributed by atoms with Crippen molar-refractivity contribution >= 4 is 35.2 Å². The van der Waals surface area contributed by atoms with Gasteiger partial charge in [0.2, 0.25) is 0 Å². The predicted molar refractivity (Wildman–Crippen MR) is 153 cm³/mol. The van der Waals surface area contributed by atoms with E-state index >= 15 is 0 Å². The summed E-state index contributed by atoms with van der Waals surface area (Å²) < 4.78 is 55.5. The summed E-state index contributed by atoms with van der Waals surface area (Å²) in [6.45, 7) is 32.7. The minimum atomic E-state index is -3.48. The lowest BCUT2D eigenvalue weighted by Crippen LogP contribution is -2.76. The Labute approximate surface area is 226 Å². The van der Waals surface area contributed by atoms with Crippen LogP contribution in [0.25, 0.3) is 0 Å². The zero-order valence-corrected chi connectivity index (χ0v) is 29.9. The van der Waals surface area contributed by atoms with E-state index < -0.39 is 35.2 Å². The molecule has 0 atom stereocenters. The Kier molecular flexibility index (Phi) is 12.7. The smallest absolute Gasteiger partial charge is 0.372 e. The molecule has 36 heavy (non-hydrogen) atoms. The highest BCUT2D eigenvalue weighted by molar-refractivity contribution is 6.90. The van der Waals surface area contributed by atoms with Crippen molar-refractivity contribution in [2.24, 2.45) is 0 Å². The van der Waals surface area contributed by atoms with Gasteiger partial charge in [-0.1, -0.05) is 55.4 Å².